The highest BCUT2D eigenvalue weighted by molar-refractivity contribution is 6.42. The van der Waals surface area contributed by atoms with Crippen LogP contribution < -0.4 is 0 Å². The number of allylic oxidation sites excluding steroid dienone is 2. The summed E-state index contributed by atoms with van der Waals surface area (Å²) in [4.78, 5) is 3.60. The second-order valence-electron chi connectivity index (χ2n) is 6.93. The highest BCUT2D eigenvalue weighted by Crippen LogP contribution is 2.47. The summed E-state index contributed by atoms with van der Waals surface area (Å²) in [5.41, 5.74) is 6.48. The Hall–Kier alpha value is -1.22. The third-order valence-corrected chi connectivity index (χ3v) is 6.02. The van der Waals surface area contributed by atoms with Gasteiger partial charge in [0.15, 0.2) is 0 Å². The van der Waals surface area contributed by atoms with Crippen LogP contribution in [0.1, 0.15) is 31.5 Å². The molecule has 0 saturated heterocycles. The number of methoxy groups -OCH3 is 1. The van der Waals surface area contributed by atoms with Crippen molar-refractivity contribution < 1.29 is 4.74 Å². The minimum absolute atomic E-state index is 0.0531. The van der Waals surface area contributed by atoms with Gasteiger partial charge in [0, 0.05) is 29.1 Å². The Balaban J connectivity index is 1.92. The van der Waals surface area contributed by atoms with Crippen molar-refractivity contribution in [3.63, 3.8) is 0 Å². The van der Waals surface area contributed by atoms with Gasteiger partial charge in [0.25, 0.3) is 0 Å². The molecule has 4 rings (SSSR count). The van der Waals surface area contributed by atoms with Gasteiger partial charge >= 0.3 is 0 Å². The third-order valence-electron chi connectivity index (χ3n) is 5.30. The van der Waals surface area contributed by atoms with Gasteiger partial charge in [0.2, 0.25) is 0 Å². The molecule has 0 amide bonds. The fourth-order valence-corrected chi connectivity index (χ4v) is 4.34. The number of halogens is 2. The summed E-state index contributed by atoms with van der Waals surface area (Å²) in [6.07, 6.45) is 6.44. The third kappa shape index (κ3) is 2.20. The lowest BCUT2D eigenvalue weighted by atomic mass is 9.68. The zero-order valence-corrected chi connectivity index (χ0v) is 15.0. The molecule has 4 heteroatoms. The van der Waals surface area contributed by atoms with E-state index in [2.05, 4.69) is 31.0 Å². The molecule has 0 aliphatic heterocycles. The van der Waals surface area contributed by atoms with E-state index in [0.29, 0.717) is 10.0 Å². The Bertz CT molecular complexity index is 873. The normalized spacial score (nSPS) is 22.4. The smallest absolute Gasteiger partial charge is 0.0792 e. The van der Waals surface area contributed by atoms with Gasteiger partial charge < -0.3 is 9.72 Å². The van der Waals surface area contributed by atoms with Crippen molar-refractivity contribution in [1.82, 2.24) is 4.98 Å². The van der Waals surface area contributed by atoms with Crippen molar-refractivity contribution in [1.29, 1.82) is 0 Å². The van der Waals surface area contributed by atoms with E-state index in [4.69, 9.17) is 27.9 Å². The van der Waals surface area contributed by atoms with Crippen molar-refractivity contribution in [2.24, 2.45) is 0 Å². The maximum atomic E-state index is 6.25. The molecule has 23 heavy (non-hydrogen) atoms. The number of nitrogens with one attached hydrogen (secondary N) is 1. The molecule has 0 saturated carbocycles. The van der Waals surface area contributed by atoms with E-state index in [0.717, 1.165) is 18.4 Å². The van der Waals surface area contributed by atoms with Gasteiger partial charge in [-0.05, 0) is 36.1 Å². The number of H-pyrrole nitrogens is 1. The van der Waals surface area contributed by atoms with E-state index in [9.17, 15) is 0 Å². The Labute approximate surface area is 146 Å². The standard InChI is InChI=1S/C19H19Cl2NO/c1-19(2)14-7-11(23-3)5-4-10(14)6-13-12-8-15(20)16(21)9-17(12)22-18(13)19/h4-5,8-9,11,22H,6-7H2,1-3H3. The second kappa shape index (κ2) is 5.14. The molecule has 2 aliphatic rings. The van der Waals surface area contributed by atoms with Crippen LogP contribution in [-0.2, 0) is 16.6 Å². The van der Waals surface area contributed by atoms with Crippen LogP contribution in [0.3, 0.4) is 0 Å². The monoisotopic (exact) mass is 347 g/mol. The van der Waals surface area contributed by atoms with Crippen LogP contribution in [0.5, 0.6) is 0 Å². The fraction of sp³-hybridized carbons (Fsp3) is 0.368. The summed E-state index contributed by atoms with van der Waals surface area (Å²) in [6, 6.07) is 3.92. The quantitative estimate of drug-likeness (QED) is 0.715. The molecule has 0 spiro atoms. The van der Waals surface area contributed by atoms with Gasteiger partial charge in [0.05, 0.1) is 16.1 Å². The second-order valence-corrected chi connectivity index (χ2v) is 7.75. The molecule has 0 fully saturated rings. The maximum absolute atomic E-state index is 6.25. The van der Waals surface area contributed by atoms with Gasteiger partial charge in [-0.1, -0.05) is 54.8 Å². The zero-order valence-electron chi connectivity index (χ0n) is 13.5. The Morgan fingerprint density at radius 2 is 1.96 bits per heavy atom. The highest BCUT2D eigenvalue weighted by atomic mass is 35.5. The summed E-state index contributed by atoms with van der Waals surface area (Å²) in [5.74, 6) is 0. The number of hydrogen-bond donors (Lipinski definition) is 1. The molecule has 1 aromatic heterocycles. The summed E-state index contributed by atoms with van der Waals surface area (Å²) >= 11 is 12.4. The summed E-state index contributed by atoms with van der Waals surface area (Å²) in [7, 11) is 1.77. The number of fused-ring (bicyclic) bond motifs is 3. The van der Waals surface area contributed by atoms with Crippen LogP contribution in [-0.4, -0.2) is 18.2 Å². The van der Waals surface area contributed by atoms with Crippen molar-refractivity contribution in [2.75, 3.05) is 7.11 Å². The molecule has 1 N–H and O–H groups in total. The molecular weight excluding hydrogens is 329 g/mol. The molecule has 1 heterocycles. The lowest BCUT2D eigenvalue weighted by molar-refractivity contribution is 0.136. The molecule has 2 nitrogen and oxygen atoms in total. The van der Waals surface area contributed by atoms with Gasteiger partial charge in [-0.2, -0.15) is 0 Å². The van der Waals surface area contributed by atoms with E-state index < -0.39 is 0 Å². The van der Waals surface area contributed by atoms with Gasteiger partial charge in [-0.15, -0.1) is 0 Å². The first-order valence-corrected chi connectivity index (χ1v) is 8.61. The van der Waals surface area contributed by atoms with Gasteiger partial charge in [0.1, 0.15) is 0 Å². The first kappa shape index (κ1) is 15.3. The molecule has 1 atom stereocenters. The van der Waals surface area contributed by atoms with Gasteiger partial charge in [-0.25, -0.2) is 0 Å². The topological polar surface area (TPSA) is 25.0 Å². The van der Waals surface area contributed by atoms with Crippen molar-refractivity contribution in [3.05, 3.63) is 56.7 Å². The number of aromatic nitrogens is 1. The number of aromatic amines is 1. The SMILES string of the molecule is COC1C=CC2=C(C1)C(C)(C)c1[nH]c3cc(Cl)c(Cl)cc3c1C2. The van der Waals surface area contributed by atoms with Crippen LogP contribution in [0.15, 0.2) is 35.4 Å². The van der Waals surface area contributed by atoms with Crippen LogP contribution in [0.4, 0.5) is 0 Å². The van der Waals surface area contributed by atoms with Crippen LogP contribution in [0.25, 0.3) is 10.9 Å². The predicted octanol–water partition coefficient (Wildman–Crippen LogP) is 5.58. The summed E-state index contributed by atoms with van der Waals surface area (Å²) in [6.45, 7) is 4.57. The van der Waals surface area contributed by atoms with E-state index in [-0.39, 0.29) is 11.5 Å². The highest BCUT2D eigenvalue weighted by Gasteiger charge is 2.38. The van der Waals surface area contributed by atoms with Gasteiger partial charge in [-0.3, -0.25) is 0 Å². The average Bonchev–Trinajstić information content (AvgIpc) is 2.87. The molecule has 0 bridgehead atoms. The molecule has 2 aromatic rings. The van der Waals surface area contributed by atoms with Crippen molar-refractivity contribution in [2.45, 2.75) is 38.2 Å². The minimum atomic E-state index is -0.0531. The Morgan fingerprint density at radius 3 is 2.70 bits per heavy atom. The molecule has 1 aromatic carbocycles. The maximum Gasteiger partial charge on any atom is 0.0792 e. The predicted molar refractivity (Wildman–Crippen MR) is 96.6 cm³/mol. The lowest BCUT2D eigenvalue weighted by Crippen LogP contribution is -2.31. The first-order chi connectivity index (χ1) is 10.9. The van der Waals surface area contributed by atoms with E-state index in [1.807, 2.05) is 12.1 Å². The molecule has 0 radical (unpaired) electrons. The van der Waals surface area contributed by atoms with Crippen LogP contribution >= 0.6 is 23.2 Å². The van der Waals surface area contributed by atoms with Crippen molar-refractivity contribution in [3.8, 4) is 0 Å². The van der Waals surface area contributed by atoms with Crippen LogP contribution in [0, 0.1) is 0 Å². The Morgan fingerprint density at radius 1 is 1.22 bits per heavy atom. The molecule has 2 aliphatic carbocycles. The summed E-state index contributed by atoms with van der Waals surface area (Å²) in [5, 5.41) is 2.38. The number of ether oxygens (including phenoxy) is 1. The van der Waals surface area contributed by atoms with E-state index in [1.165, 1.54) is 27.8 Å². The largest absolute Gasteiger partial charge is 0.377 e. The fourth-order valence-electron chi connectivity index (χ4n) is 4.01. The number of rotatable bonds is 1. The average molecular weight is 348 g/mol. The zero-order chi connectivity index (χ0) is 16.4. The number of hydrogen-bond acceptors (Lipinski definition) is 1. The number of benzene rings is 1. The summed E-state index contributed by atoms with van der Waals surface area (Å²) < 4.78 is 5.55. The molecule has 1 unspecified atom stereocenters. The van der Waals surface area contributed by atoms with E-state index in [1.54, 1.807) is 7.11 Å². The lowest BCUT2D eigenvalue weighted by Gasteiger charge is -2.38. The van der Waals surface area contributed by atoms with E-state index >= 15 is 0 Å². The van der Waals surface area contributed by atoms with Crippen molar-refractivity contribution >= 4 is 34.1 Å². The van der Waals surface area contributed by atoms with Crippen LogP contribution in [0.2, 0.25) is 10.0 Å². The first-order valence-electron chi connectivity index (χ1n) is 7.85. The minimum Gasteiger partial charge on any atom is -0.377 e. The Kier molecular flexibility index (Phi) is 3.42. The molecular formula is C19H19Cl2NO. The molecule has 120 valence electrons.